The molecular formula is C30H50O. The third-order valence-corrected chi connectivity index (χ3v) is 13.5. The molecule has 1 N–H and O–H groups in total. The van der Waals surface area contributed by atoms with Gasteiger partial charge in [-0.3, -0.25) is 0 Å². The molecule has 0 aromatic carbocycles. The third kappa shape index (κ3) is 2.67. The largest absolute Gasteiger partial charge is 0.512 e. The average Bonchev–Trinajstić information content (AvgIpc) is 2.69. The van der Waals surface area contributed by atoms with E-state index >= 15 is 0 Å². The number of aliphatic hydroxyl groups excluding tert-OH is 1. The van der Waals surface area contributed by atoms with Crippen molar-refractivity contribution in [3.63, 3.8) is 0 Å². The average molecular weight is 427 g/mol. The number of hydrogen-bond donors (Lipinski definition) is 1. The van der Waals surface area contributed by atoms with Crippen LogP contribution < -0.4 is 0 Å². The molecule has 0 bridgehead atoms. The van der Waals surface area contributed by atoms with E-state index in [4.69, 9.17) is 0 Å². The van der Waals surface area contributed by atoms with Crippen LogP contribution in [0.15, 0.2) is 11.3 Å². The van der Waals surface area contributed by atoms with Crippen LogP contribution in [-0.4, -0.2) is 5.11 Å². The third-order valence-electron chi connectivity index (χ3n) is 13.5. The fourth-order valence-corrected chi connectivity index (χ4v) is 11.0. The molecule has 4 saturated carbocycles. The van der Waals surface area contributed by atoms with Gasteiger partial charge in [0.05, 0.1) is 5.76 Å². The van der Waals surface area contributed by atoms with Crippen molar-refractivity contribution in [2.45, 2.75) is 126 Å². The van der Waals surface area contributed by atoms with E-state index < -0.39 is 0 Å². The first-order valence-electron chi connectivity index (χ1n) is 13.6. The number of hydrogen-bond acceptors (Lipinski definition) is 1. The van der Waals surface area contributed by atoms with Crippen LogP contribution in [0, 0.1) is 50.2 Å². The smallest absolute Gasteiger partial charge is 0.0917 e. The Morgan fingerprint density at radius 3 is 2.00 bits per heavy atom. The van der Waals surface area contributed by atoms with Gasteiger partial charge in [-0.05, 0) is 127 Å². The van der Waals surface area contributed by atoms with Crippen LogP contribution >= 0.6 is 0 Å². The quantitative estimate of drug-likeness (QED) is 0.409. The Hall–Kier alpha value is -0.460. The summed E-state index contributed by atoms with van der Waals surface area (Å²) >= 11 is 0. The molecule has 4 fully saturated rings. The first-order valence-corrected chi connectivity index (χ1v) is 13.6. The Bertz CT molecular complexity index is 807. The van der Waals surface area contributed by atoms with E-state index in [0.717, 1.165) is 24.2 Å². The molecule has 0 heterocycles. The molecule has 0 aliphatic heterocycles. The van der Waals surface area contributed by atoms with Gasteiger partial charge in [0.15, 0.2) is 0 Å². The normalized spacial score (nSPS) is 56.2. The van der Waals surface area contributed by atoms with E-state index in [1.165, 1.54) is 69.8 Å². The van der Waals surface area contributed by atoms with Crippen molar-refractivity contribution in [3.8, 4) is 0 Å². The van der Waals surface area contributed by atoms with Crippen LogP contribution in [0.2, 0.25) is 0 Å². The Kier molecular flexibility index (Phi) is 4.58. The van der Waals surface area contributed by atoms with E-state index in [-0.39, 0.29) is 5.41 Å². The van der Waals surface area contributed by atoms with Crippen LogP contribution in [0.3, 0.4) is 0 Å². The second-order valence-corrected chi connectivity index (χ2v) is 15.1. The van der Waals surface area contributed by atoms with Crippen molar-refractivity contribution in [2.24, 2.45) is 50.2 Å². The Morgan fingerprint density at radius 2 is 1.29 bits per heavy atom. The lowest BCUT2D eigenvalue weighted by Crippen LogP contribution is -2.67. The lowest BCUT2D eigenvalue weighted by atomic mass is 9.30. The van der Waals surface area contributed by atoms with Gasteiger partial charge in [0.1, 0.15) is 0 Å². The molecule has 0 radical (unpaired) electrons. The molecule has 176 valence electrons. The SMILES string of the molecule is CC1=C(O)CCC2C1(C)CCC1C2(C)CCC2(C)C3CC(C)(C)CCC3(C)CCC12C. The van der Waals surface area contributed by atoms with Gasteiger partial charge in [-0.1, -0.05) is 48.5 Å². The second kappa shape index (κ2) is 6.35. The van der Waals surface area contributed by atoms with Gasteiger partial charge in [0, 0.05) is 6.42 Å². The molecule has 0 saturated heterocycles. The van der Waals surface area contributed by atoms with Gasteiger partial charge >= 0.3 is 0 Å². The van der Waals surface area contributed by atoms with Crippen molar-refractivity contribution in [2.75, 3.05) is 0 Å². The molecule has 1 heteroatoms. The van der Waals surface area contributed by atoms with Gasteiger partial charge in [-0.15, -0.1) is 0 Å². The van der Waals surface area contributed by atoms with Crippen LogP contribution in [-0.2, 0) is 0 Å². The highest BCUT2D eigenvalue weighted by Gasteiger charge is 2.70. The minimum Gasteiger partial charge on any atom is -0.512 e. The zero-order valence-corrected chi connectivity index (χ0v) is 22.0. The summed E-state index contributed by atoms with van der Waals surface area (Å²) in [4.78, 5) is 0. The molecule has 8 unspecified atom stereocenters. The molecule has 8 atom stereocenters. The molecule has 0 amide bonds. The summed E-state index contributed by atoms with van der Waals surface area (Å²) in [6.45, 7) is 20.7. The van der Waals surface area contributed by atoms with E-state index in [9.17, 15) is 5.11 Å². The fraction of sp³-hybridized carbons (Fsp3) is 0.933. The zero-order valence-electron chi connectivity index (χ0n) is 22.0. The van der Waals surface area contributed by atoms with E-state index in [1.807, 2.05) is 0 Å². The van der Waals surface area contributed by atoms with Crippen LogP contribution in [0.1, 0.15) is 126 Å². The lowest BCUT2D eigenvalue weighted by Gasteiger charge is -2.74. The predicted molar refractivity (Wildman–Crippen MR) is 131 cm³/mol. The number of fused-ring (bicyclic) bond motifs is 7. The summed E-state index contributed by atoms with van der Waals surface area (Å²) in [7, 11) is 0. The van der Waals surface area contributed by atoms with E-state index in [2.05, 4.69) is 55.4 Å². The van der Waals surface area contributed by atoms with Gasteiger partial charge < -0.3 is 5.11 Å². The van der Waals surface area contributed by atoms with Crippen LogP contribution in [0.5, 0.6) is 0 Å². The monoisotopic (exact) mass is 426 g/mol. The fourth-order valence-electron chi connectivity index (χ4n) is 11.0. The highest BCUT2D eigenvalue weighted by atomic mass is 16.3. The summed E-state index contributed by atoms with van der Waals surface area (Å²) < 4.78 is 0. The van der Waals surface area contributed by atoms with E-state index in [0.29, 0.717) is 32.8 Å². The summed E-state index contributed by atoms with van der Waals surface area (Å²) in [6, 6.07) is 0. The maximum atomic E-state index is 10.6. The van der Waals surface area contributed by atoms with Gasteiger partial charge in [-0.2, -0.15) is 0 Å². The van der Waals surface area contributed by atoms with Crippen molar-refractivity contribution >= 4 is 0 Å². The zero-order chi connectivity index (χ0) is 22.7. The number of aliphatic hydroxyl groups is 1. The van der Waals surface area contributed by atoms with Crippen molar-refractivity contribution in [1.29, 1.82) is 0 Å². The van der Waals surface area contributed by atoms with Crippen molar-refractivity contribution < 1.29 is 5.11 Å². The maximum absolute atomic E-state index is 10.6. The van der Waals surface area contributed by atoms with Crippen molar-refractivity contribution in [3.05, 3.63) is 11.3 Å². The summed E-state index contributed by atoms with van der Waals surface area (Å²) in [5.74, 6) is 3.19. The standard InChI is InChI=1S/C30H50O/c1-20-21(31)9-10-22-27(20,5)12-11-23-28(22,6)16-18-30(8)24-19-25(2,3)13-14-26(24,4)15-17-29(23,30)7/h22-24,31H,9-19H2,1-8H3. The molecule has 5 aliphatic carbocycles. The Morgan fingerprint density at radius 1 is 0.677 bits per heavy atom. The number of rotatable bonds is 0. The Labute approximate surface area is 192 Å². The molecule has 0 spiro atoms. The first-order chi connectivity index (χ1) is 14.2. The van der Waals surface area contributed by atoms with Crippen LogP contribution in [0.25, 0.3) is 0 Å². The highest BCUT2D eigenvalue weighted by Crippen LogP contribution is 2.78. The van der Waals surface area contributed by atoms with E-state index in [1.54, 1.807) is 0 Å². The van der Waals surface area contributed by atoms with Gasteiger partial charge in [0.2, 0.25) is 0 Å². The second-order valence-electron chi connectivity index (χ2n) is 15.1. The predicted octanol–water partition coefficient (Wildman–Crippen LogP) is 9.08. The topological polar surface area (TPSA) is 20.2 Å². The molecular weight excluding hydrogens is 376 g/mol. The molecule has 31 heavy (non-hydrogen) atoms. The molecule has 1 nitrogen and oxygen atoms in total. The summed E-state index contributed by atoms with van der Waals surface area (Å²) in [5, 5.41) is 10.6. The molecule has 0 aromatic rings. The molecule has 0 aromatic heterocycles. The molecule has 5 rings (SSSR count). The Balaban J connectivity index is 1.56. The first kappa shape index (κ1) is 22.3. The van der Waals surface area contributed by atoms with Crippen molar-refractivity contribution in [1.82, 2.24) is 0 Å². The maximum Gasteiger partial charge on any atom is 0.0917 e. The summed E-state index contributed by atoms with van der Waals surface area (Å²) in [6.07, 6.45) is 14.8. The number of allylic oxidation sites excluding steroid dienone is 2. The lowest BCUT2D eigenvalue weighted by molar-refractivity contribution is -0.249. The summed E-state index contributed by atoms with van der Waals surface area (Å²) in [5.41, 5.74) is 4.01. The highest BCUT2D eigenvalue weighted by molar-refractivity contribution is 5.27. The van der Waals surface area contributed by atoms with Gasteiger partial charge in [-0.25, -0.2) is 0 Å². The molecule has 5 aliphatic rings. The minimum absolute atomic E-state index is 0.216. The van der Waals surface area contributed by atoms with Crippen LogP contribution in [0.4, 0.5) is 0 Å². The van der Waals surface area contributed by atoms with Gasteiger partial charge in [0.25, 0.3) is 0 Å². The minimum atomic E-state index is 0.216.